The number of aliphatic hydroxyl groups is 1. The first kappa shape index (κ1) is 9.47. The molecule has 1 N–H and O–H groups in total. The molecule has 0 saturated carbocycles. The van der Waals surface area contributed by atoms with Crippen molar-refractivity contribution in [1.82, 2.24) is 0 Å². The summed E-state index contributed by atoms with van der Waals surface area (Å²) >= 11 is 0. The molecular weight excluding hydrogens is 172 g/mol. The predicted octanol–water partition coefficient (Wildman–Crippen LogP) is 2.86. The molecule has 1 nitrogen and oxygen atoms in total. The van der Waals surface area contributed by atoms with Crippen LogP contribution in [0.5, 0.6) is 0 Å². The summed E-state index contributed by atoms with van der Waals surface area (Å²) in [6.07, 6.45) is 5.57. The van der Waals surface area contributed by atoms with Crippen LogP contribution >= 0.6 is 0 Å². The lowest BCUT2D eigenvalue weighted by atomic mass is 9.86. The van der Waals surface area contributed by atoms with Crippen molar-refractivity contribution in [3.8, 4) is 0 Å². The Hall–Kier alpha value is -1.08. The van der Waals surface area contributed by atoms with Crippen molar-refractivity contribution in [2.24, 2.45) is 5.92 Å². The molecule has 0 amide bonds. The van der Waals surface area contributed by atoms with Crippen molar-refractivity contribution >= 4 is 5.57 Å². The van der Waals surface area contributed by atoms with E-state index in [1.54, 1.807) is 0 Å². The van der Waals surface area contributed by atoms with Crippen LogP contribution in [-0.2, 0) is 0 Å². The van der Waals surface area contributed by atoms with Crippen molar-refractivity contribution in [3.63, 3.8) is 0 Å². The summed E-state index contributed by atoms with van der Waals surface area (Å²) in [4.78, 5) is 0. The highest BCUT2D eigenvalue weighted by Gasteiger charge is 2.15. The number of hydrogen-bond acceptors (Lipinski definition) is 1. The summed E-state index contributed by atoms with van der Waals surface area (Å²) in [5.41, 5.74) is 2.71. The summed E-state index contributed by atoms with van der Waals surface area (Å²) in [6.45, 7) is 0.324. The molecule has 0 radical (unpaired) electrons. The van der Waals surface area contributed by atoms with E-state index in [2.05, 4.69) is 30.3 Å². The highest BCUT2D eigenvalue weighted by molar-refractivity contribution is 5.66. The summed E-state index contributed by atoms with van der Waals surface area (Å²) in [5.74, 6) is 0.468. The lowest BCUT2D eigenvalue weighted by molar-refractivity contribution is 0.219. The molecule has 1 aliphatic carbocycles. The van der Waals surface area contributed by atoms with Crippen molar-refractivity contribution in [3.05, 3.63) is 42.0 Å². The van der Waals surface area contributed by atoms with E-state index in [0.717, 1.165) is 19.3 Å². The van der Waals surface area contributed by atoms with Crippen LogP contribution in [0.1, 0.15) is 24.8 Å². The van der Waals surface area contributed by atoms with Crippen LogP contribution in [0.2, 0.25) is 0 Å². The molecule has 1 heteroatoms. The monoisotopic (exact) mass is 188 g/mol. The van der Waals surface area contributed by atoms with Gasteiger partial charge in [0.15, 0.2) is 0 Å². The third-order valence-electron chi connectivity index (χ3n) is 2.88. The maximum Gasteiger partial charge on any atom is 0.0462 e. The van der Waals surface area contributed by atoms with Gasteiger partial charge in [-0.05, 0) is 36.3 Å². The number of aliphatic hydroxyl groups excluding tert-OH is 1. The summed E-state index contributed by atoms with van der Waals surface area (Å²) in [7, 11) is 0. The highest BCUT2D eigenvalue weighted by atomic mass is 16.3. The minimum atomic E-state index is 0.324. The maximum atomic E-state index is 9.13. The van der Waals surface area contributed by atoms with Crippen molar-refractivity contribution < 1.29 is 5.11 Å². The zero-order chi connectivity index (χ0) is 9.80. The number of hydrogen-bond donors (Lipinski definition) is 1. The smallest absolute Gasteiger partial charge is 0.0462 e. The minimum Gasteiger partial charge on any atom is -0.396 e. The fourth-order valence-electron chi connectivity index (χ4n) is 2.03. The molecule has 1 aliphatic rings. The fourth-order valence-corrected chi connectivity index (χ4v) is 2.03. The van der Waals surface area contributed by atoms with Gasteiger partial charge in [0.1, 0.15) is 0 Å². The molecule has 1 atom stereocenters. The second-order valence-corrected chi connectivity index (χ2v) is 3.93. The first-order chi connectivity index (χ1) is 6.90. The summed E-state index contributed by atoms with van der Waals surface area (Å²) in [5, 5.41) is 9.13. The van der Waals surface area contributed by atoms with Crippen molar-refractivity contribution in [2.45, 2.75) is 19.3 Å². The van der Waals surface area contributed by atoms with Gasteiger partial charge < -0.3 is 5.11 Å². The molecule has 0 fully saturated rings. The SMILES string of the molecule is OC[C@@H]1CCC=C(c2ccccc2)C1. The molecular formula is C13H16O. The molecule has 0 unspecified atom stereocenters. The number of benzene rings is 1. The lowest BCUT2D eigenvalue weighted by Gasteiger charge is -2.20. The average Bonchev–Trinajstić information content (AvgIpc) is 2.30. The van der Waals surface area contributed by atoms with Gasteiger partial charge in [0.25, 0.3) is 0 Å². The second kappa shape index (κ2) is 4.43. The molecule has 0 heterocycles. The van der Waals surface area contributed by atoms with Crippen molar-refractivity contribution in [2.75, 3.05) is 6.61 Å². The summed E-state index contributed by atoms with van der Waals surface area (Å²) in [6, 6.07) is 10.5. The quantitative estimate of drug-likeness (QED) is 0.756. The van der Waals surface area contributed by atoms with Crippen LogP contribution in [-0.4, -0.2) is 11.7 Å². The Morgan fingerprint density at radius 1 is 1.21 bits per heavy atom. The highest BCUT2D eigenvalue weighted by Crippen LogP contribution is 2.30. The van der Waals surface area contributed by atoms with E-state index in [9.17, 15) is 0 Å². The van der Waals surface area contributed by atoms with E-state index in [1.165, 1.54) is 11.1 Å². The van der Waals surface area contributed by atoms with Gasteiger partial charge in [-0.25, -0.2) is 0 Å². The van der Waals surface area contributed by atoms with E-state index in [0.29, 0.717) is 12.5 Å². The standard InChI is InChI=1S/C13H16O/c14-10-11-5-4-8-13(9-11)12-6-2-1-3-7-12/h1-3,6-8,11,14H,4-5,9-10H2/t11-/m1/s1. The molecule has 0 saturated heterocycles. The number of allylic oxidation sites excluding steroid dienone is 2. The van der Waals surface area contributed by atoms with E-state index >= 15 is 0 Å². The zero-order valence-corrected chi connectivity index (χ0v) is 8.32. The molecule has 1 aromatic rings. The third-order valence-corrected chi connectivity index (χ3v) is 2.88. The van der Waals surface area contributed by atoms with E-state index < -0.39 is 0 Å². The van der Waals surface area contributed by atoms with E-state index in [-0.39, 0.29) is 0 Å². The number of rotatable bonds is 2. The van der Waals surface area contributed by atoms with Crippen molar-refractivity contribution in [1.29, 1.82) is 0 Å². The fraction of sp³-hybridized carbons (Fsp3) is 0.385. The second-order valence-electron chi connectivity index (χ2n) is 3.93. The van der Waals surface area contributed by atoms with Gasteiger partial charge in [-0.3, -0.25) is 0 Å². The van der Waals surface area contributed by atoms with Gasteiger partial charge in [0, 0.05) is 6.61 Å². The Balaban J connectivity index is 2.16. The Bertz CT molecular complexity index is 313. The Kier molecular flexibility index (Phi) is 3.00. The van der Waals surface area contributed by atoms with Gasteiger partial charge in [0.2, 0.25) is 0 Å². The molecule has 0 bridgehead atoms. The summed E-state index contributed by atoms with van der Waals surface area (Å²) < 4.78 is 0. The zero-order valence-electron chi connectivity index (χ0n) is 8.32. The molecule has 0 spiro atoms. The first-order valence-electron chi connectivity index (χ1n) is 5.25. The Morgan fingerprint density at radius 2 is 2.00 bits per heavy atom. The van der Waals surface area contributed by atoms with E-state index in [1.807, 2.05) is 6.07 Å². The van der Waals surface area contributed by atoms with Gasteiger partial charge >= 0.3 is 0 Å². The molecule has 0 aromatic heterocycles. The molecule has 2 rings (SSSR count). The molecule has 14 heavy (non-hydrogen) atoms. The Labute approximate surface area is 85.1 Å². The predicted molar refractivity (Wildman–Crippen MR) is 58.8 cm³/mol. The topological polar surface area (TPSA) is 20.2 Å². The van der Waals surface area contributed by atoms with Gasteiger partial charge in [-0.2, -0.15) is 0 Å². The lowest BCUT2D eigenvalue weighted by Crippen LogP contribution is -2.10. The van der Waals surface area contributed by atoms with Gasteiger partial charge in [0.05, 0.1) is 0 Å². The molecule has 1 aromatic carbocycles. The van der Waals surface area contributed by atoms with E-state index in [4.69, 9.17) is 5.11 Å². The van der Waals surface area contributed by atoms with Crippen LogP contribution in [0, 0.1) is 5.92 Å². The largest absolute Gasteiger partial charge is 0.396 e. The molecule has 74 valence electrons. The average molecular weight is 188 g/mol. The first-order valence-corrected chi connectivity index (χ1v) is 5.25. The van der Waals surface area contributed by atoms with Crippen LogP contribution in [0.3, 0.4) is 0 Å². The van der Waals surface area contributed by atoms with Gasteiger partial charge in [-0.1, -0.05) is 36.4 Å². The minimum absolute atomic E-state index is 0.324. The third kappa shape index (κ3) is 2.05. The van der Waals surface area contributed by atoms with Gasteiger partial charge in [-0.15, -0.1) is 0 Å². The molecule has 0 aliphatic heterocycles. The normalized spacial score (nSPS) is 21.8. The van der Waals surface area contributed by atoms with Crippen LogP contribution < -0.4 is 0 Å². The maximum absolute atomic E-state index is 9.13. The van der Waals surface area contributed by atoms with Crippen LogP contribution in [0.15, 0.2) is 36.4 Å². The van der Waals surface area contributed by atoms with Crippen LogP contribution in [0.25, 0.3) is 5.57 Å². The Morgan fingerprint density at radius 3 is 2.71 bits per heavy atom. The van der Waals surface area contributed by atoms with Crippen LogP contribution in [0.4, 0.5) is 0 Å².